The van der Waals surface area contributed by atoms with E-state index in [-0.39, 0.29) is 23.4 Å². The number of benzene rings is 1. The number of amides is 2. The smallest absolute Gasteiger partial charge is 0.274 e. The van der Waals surface area contributed by atoms with Crippen LogP contribution in [0.4, 0.5) is 8.78 Å². The van der Waals surface area contributed by atoms with E-state index in [4.69, 9.17) is 4.74 Å². The molecule has 32 heavy (non-hydrogen) atoms. The van der Waals surface area contributed by atoms with E-state index < -0.39 is 46.7 Å². The number of rotatable bonds is 4. The number of halogens is 2. The fourth-order valence-electron chi connectivity index (χ4n) is 4.33. The molecule has 1 fully saturated rings. The van der Waals surface area contributed by atoms with E-state index in [0.717, 1.165) is 12.1 Å². The average Bonchev–Trinajstić information content (AvgIpc) is 2.94. The van der Waals surface area contributed by atoms with Crippen molar-refractivity contribution in [3.8, 4) is 5.75 Å². The molecule has 10 heteroatoms. The summed E-state index contributed by atoms with van der Waals surface area (Å²) in [5.74, 6) is -3.86. The quantitative estimate of drug-likeness (QED) is 0.746. The monoisotopic (exact) mass is 447 g/mol. The van der Waals surface area contributed by atoms with Crippen molar-refractivity contribution in [1.29, 1.82) is 0 Å². The lowest BCUT2D eigenvalue weighted by Crippen LogP contribution is -2.44. The number of aromatic nitrogens is 1. The van der Waals surface area contributed by atoms with Crippen LogP contribution in [0.15, 0.2) is 23.1 Å². The normalized spacial score (nSPS) is 20.0. The SMILES string of the molecule is CO[C@@H]1CCN2C[C@H](C1)n1cc(C(=O)NCc3c(F)cc(C)cc3F)c(=O)c(O)c1C2=O. The van der Waals surface area contributed by atoms with Gasteiger partial charge in [0.2, 0.25) is 5.43 Å². The van der Waals surface area contributed by atoms with E-state index >= 15 is 0 Å². The topological polar surface area (TPSA) is 101 Å². The molecular weight excluding hydrogens is 424 g/mol. The summed E-state index contributed by atoms with van der Waals surface area (Å²) in [6, 6.07) is 1.97. The second-order valence-corrected chi connectivity index (χ2v) is 8.15. The molecule has 0 spiro atoms. The van der Waals surface area contributed by atoms with Gasteiger partial charge in [-0.1, -0.05) is 0 Å². The summed E-state index contributed by atoms with van der Waals surface area (Å²) in [5, 5.41) is 12.8. The maximum Gasteiger partial charge on any atom is 0.274 e. The molecule has 0 unspecified atom stereocenters. The average molecular weight is 447 g/mol. The van der Waals surface area contributed by atoms with Gasteiger partial charge in [-0.25, -0.2) is 8.78 Å². The molecule has 2 aliphatic heterocycles. The fraction of sp³-hybridized carbons (Fsp3) is 0.409. The first-order valence-electron chi connectivity index (χ1n) is 10.2. The minimum Gasteiger partial charge on any atom is -0.503 e. The third-order valence-electron chi connectivity index (χ3n) is 6.07. The van der Waals surface area contributed by atoms with Crippen LogP contribution in [0.2, 0.25) is 0 Å². The molecule has 2 aliphatic rings. The van der Waals surface area contributed by atoms with E-state index in [1.165, 1.54) is 17.7 Å². The van der Waals surface area contributed by atoms with Gasteiger partial charge in [0, 0.05) is 38.5 Å². The number of nitrogens with one attached hydrogen (secondary N) is 1. The highest BCUT2D eigenvalue weighted by Gasteiger charge is 2.38. The molecule has 2 amide bonds. The number of aromatic hydroxyl groups is 1. The summed E-state index contributed by atoms with van der Waals surface area (Å²) in [6.45, 7) is 1.84. The molecule has 4 rings (SSSR count). The Morgan fingerprint density at radius 3 is 2.62 bits per heavy atom. The van der Waals surface area contributed by atoms with Crippen LogP contribution in [-0.4, -0.2) is 52.7 Å². The van der Waals surface area contributed by atoms with Crippen LogP contribution in [0.1, 0.15) is 50.9 Å². The summed E-state index contributed by atoms with van der Waals surface area (Å²) in [6.07, 6.45) is 2.23. The van der Waals surface area contributed by atoms with Gasteiger partial charge in [0.05, 0.1) is 12.1 Å². The van der Waals surface area contributed by atoms with Crippen molar-refractivity contribution >= 4 is 11.8 Å². The number of ether oxygens (including phenoxy) is 1. The summed E-state index contributed by atoms with van der Waals surface area (Å²) < 4.78 is 35.0. The van der Waals surface area contributed by atoms with E-state index in [2.05, 4.69) is 5.32 Å². The first-order chi connectivity index (χ1) is 15.2. The Morgan fingerprint density at radius 1 is 1.28 bits per heavy atom. The standard InChI is InChI=1S/C22H23F2N3O5/c1-11-5-16(23)14(17(24)6-11)8-25-21(30)15-10-27-12-7-13(32-2)3-4-26(9-12)22(31)18(27)20(29)19(15)28/h5-6,10,12-13,29H,3-4,7-9H2,1-2H3,(H,25,30)/t12-,13+/m0/s1. The second-order valence-electron chi connectivity index (χ2n) is 8.15. The molecule has 170 valence electrons. The molecule has 2 bridgehead atoms. The number of carbonyl (C=O) groups excluding carboxylic acids is 2. The van der Waals surface area contributed by atoms with Gasteiger partial charge in [0.15, 0.2) is 11.4 Å². The molecule has 2 N–H and O–H groups in total. The highest BCUT2D eigenvalue weighted by atomic mass is 19.1. The van der Waals surface area contributed by atoms with Gasteiger partial charge in [-0.15, -0.1) is 0 Å². The zero-order chi connectivity index (χ0) is 23.2. The van der Waals surface area contributed by atoms with Crippen LogP contribution in [0.25, 0.3) is 0 Å². The van der Waals surface area contributed by atoms with Gasteiger partial charge in [0.1, 0.15) is 17.2 Å². The molecule has 0 saturated carbocycles. The molecule has 2 atom stereocenters. The number of hydrogen-bond donors (Lipinski definition) is 2. The van der Waals surface area contributed by atoms with Crippen LogP contribution in [0.3, 0.4) is 0 Å². The van der Waals surface area contributed by atoms with Crippen LogP contribution >= 0.6 is 0 Å². The van der Waals surface area contributed by atoms with Gasteiger partial charge in [-0.3, -0.25) is 14.4 Å². The molecule has 3 heterocycles. The number of carbonyl (C=O) groups is 2. The lowest BCUT2D eigenvalue weighted by Gasteiger charge is -2.34. The molecule has 8 nitrogen and oxygen atoms in total. The summed E-state index contributed by atoms with van der Waals surface area (Å²) in [5.41, 5.74) is -1.56. The third kappa shape index (κ3) is 3.75. The summed E-state index contributed by atoms with van der Waals surface area (Å²) in [4.78, 5) is 39.8. The lowest BCUT2D eigenvalue weighted by atomic mass is 10.0. The summed E-state index contributed by atoms with van der Waals surface area (Å²) >= 11 is 0. The Labute approximate surface area is 182 Å². The van der Waals surface area contributed by atoms with Crippen molar-refractivity contribution in [3.05, 3.63) is 62.6 Å². The molecule has 0 radical (unpaired) electrons. The zero-order valence-corrected chi connectivity index (χ0v) is 17.7. The first-order valence-corrected chi connectivity index (χ1v) is 10.2. The van der Waals surface area contributed by atoms with Crippen molar-refractivity contribution < 1.29 is 28.2 Å². The van der Waals surface area contributed by atoms with Crippen LogP contribution < -0.4 is 10.7 Å². The number of hydrogen-bond acceptors (Lipinski definition) is 5. The highest BCUT2D eigenvalue weighted by molar-refractivity contribution is 5.99. The molecular formula is C22H23F2N3O5. The van der Waals surface area contributed by atoms with Gasteiger partial charge >= 0.3 is 0 Å². The van der Waals surface area contributed by atoms with E-state index in [1.54, 1.807) is 12.0 Å². The van der Waals surface area contributed by atoms with Crippen molar-refractivity contribution in [3.63, 3.8) is 0 Å². The first kappa shape index (κ1) is 21.9. The maximum absolute atomic E-state index is 14.1. The Bertz CT molecular complexity index is 1140. The number of aryl methyl sites for hydroxylation is 1. The minimum absolute atomic E-state index is 0.130. The largest absolute Gasteiger partial charge is 0.503 e. The fourth-order valence-corrected chi connectivity index (χ4v) is 4.33. The van der Waals surface area contributed by atoms with Gasteiger partial charge in [-0.2, -0.15) is 0 Å². The number of fused-ring (bicyclic) bond motifs is 4. The summed E-state index contributed by atoms with van der Waals surface area (Å²) in [7, 11) is 1.57. The van der Waals surface area contributed by atoms with Crippen molar-refractivity contribution in [2.24, 2.45) is 0 Å². The lowest BCUT2D eigenvalue weighted by molar-refractivity contribution is 0.0677. The van der Waals surface area contributed by atoms with Gasteiger partial charge in [0.25, 0.3) is 11.8 Å². The van der Waals surface area contributed by atoms with E-state index in [1.807, 2.05) is 0 Å². The predicted octanol–water partition coefficient (Wildman–Crippen LogP) is 1.88. The van der Waals surface area contributed by atoms with Gasteiger partial charge < -0.3 is 24.6 Å². The molecule has 1 aromatic heterocycles. The Morgan fingerprint density at radius 2 is 1.97 bits per heavy atom. The second kappa shape index (κ2) is 8.34. The van der Waals surface area contributed by atoms with Crippen LogP contribution in [0, 0.1) is 18.6 Å². The number of methoxy groups -OCH3 is 1. The maximum atomic E-state index is 14.1. The van der Waals surface area contributed by atoms with Crippen molar-refractivity contribution in [2.75, 3.05) is 20.2 Å². The van der Waals surface area contributed by atoms with Crippen molar-refractivity contribution in [2.45, 2.75) is 38.5 Å². The molecule has 1 aromatic carbocycles. The number of pyridine rings is 1. The predicted molar refractivity (Wildman–Crippen MR) is 110 cm³/mol. The molecule has 1 saturated heterocycles. The molecule has 2 aromatic rings. The zero-order valence-electron chi connectivity index (χ0n) is 17.7. The highest BCUT2D eigenvalue weighted by Crippen LogP contribution is 2.32. The molecule has 0 aliphatic carbocycles. The Balaban J connectivity index is 1.67. The van der Waals surface area contributed by atoms with E-state index in [0.29, 0.717) is 31.5 Å². The third-order valence-corrected chi connectivity index (χ3v) is 6.07. The van der Waals surface area contributed by atoms with Gasteiger partial charge in [-0.05, 0) is 37.5 Å². The number of nitrogens with zero attached hydrogens (tertiary/aromatic N) is 2. The van der Waals surface area contributed by atoms with E-state index in [9.17, 15) is 28.3 Å². The Hall–Kier alpha value is -3.27. The van der Waals surface area contributed by atoms with Crippen molar-refractivity contribution in [1.82, 2.24) is 14.8 Å². The van der Waals surface area contributed by atoms with Crippen LogP contribution in [-0.2, 0) is 11.3 Å². The Kier molecular flexibility index (Phi) is 5.72. The van der Waals surface area contributed by atoms with Crippen LogP contribution in [0.5, 0.6) is 5.75 Å². The minimum atomic E-state index is -1.02.